The van der Waals surface area contributed by atoms with Crippen molar-refractivity contribution in [3.8, 4) is 0 Å². The normalized spacial score (nSPS) is 25.9. The molecule has 6 heteroatoms. The topological polar surface area (TPSA) is 36.4 Å². The first-order valence-electron chi connectivity index (χ1n) is 6.22. The Kier molecular flexibility index (Phi) is 2.97. The van der Waals surface area contributed by atoms with Crippen LogP contribution in [-0.4, -0.2) is 31.0 Å². The molecule has 0 bridgehead atoms. The number of fused-ring (bicyclic) bond motifs is 1. The molecule has 0 aromatic heterocycles. The molecule has 0 radical (unpaired) electrons. The number of benzene rings is 1. The van der Waals surface area contributed by atoms with Crippen LogP contribution in [0.15, 0.2) is 29.3 Å². The van der Waals surface area contributed by atoms with Crippen molar-refractivity contribution in [1.82, 2.24) is 10.6 Å². The lowest BCUT2D eigenvalue weighted by atomic mass is 10.1. The van der Waals surface area contributed by atoms with E-state index in [1.165, 1.54) is 12.1 Å². The average Bonchev–Trinajstić information content (AvgIpc) is 2.89. The summed E-state index contributed by atoms with van der Waals surface area (Å²) < 4.78 is 37.3. The van der Waals surface area contributed by atoms with Crippen LogP contribution in [0, 0.1) is 0 Å². The molecule has 1 aromatic carbocycles. The summed E-state index contributed by atoms with van der Waals surface area (Å²) in [7, 11) is 0. The summed E-state index contributed by atoms with van der Waals surface area (Å²) in [5.74, 6) is 0.872. The molecule has 3 rings (SSSR count). The van der Waals surface area contributed by atoms with E-state index < -0.39 is 11.7 Å². The molecule has 2 heterocycles. The molecular weight excluding hydrogens is 255 g/mol. The number of hydrogen-bond donors (Lipinski definition) is 2. The molecular formula is C13H14F3N3. The average molecular weight is 269 g/mol. The van der Waals surface area contributed by atoms with Gasteiger partial charge in [0.25, 0.3) is 0 Å². The molecule has 2 atom stereocenters. The maximum absolute atomic E-state index is 12.4. The van der Waals surface area contributed by atoms with Crippen LogP contribution in [-0.2, 0) is 12.6 Å². The lowest BCUT2D eigenvalue weighted by molar-refractivity contribution is -0.137. The number of halogens is 3. The Labute approximate surface area is 108 Å². The molecule has 2 aliphatic rings. The van der Waals surface area contributed by atoms with Crippen molar-refractivity contribution < 1.29 is 13.2 Å². The molecule has 0 amide bonds. The fraction of sp³-hybridized carbons (Fsp3) is 0.462. The van der Waals surface area contributed by atoms with Gasteiger partial charge in [-0.25, -0.2) is 0 Å². The number of rotatable bonds is 2. The summed E-state index contributed by atoms with van der Waals surface area (Å²) in [6.07, 6.45) is -3.71. The molecule has 0 aliphatic carbocycles. The number of nitrogens with one attached hydrogen (secondary N) is 2. The minimum atomic E-state index is -4.27. The minimum Gasteiger partial charge on any atom is -0.367 e. The van der Waals surface area contributed by atoms with Crippen molar-refractivity contribution in [2.75, 3.05) is 13.1 Å². The van der Waals surface area contributed by atoms with Crippen LogP contribution in [0.5, 0.6) is 0 Å². The third-order valence-corrected chi connectivity index (χ3v) is 3.51. The van der Waals surface area contributed by atoms with Gasteiger partial charge in [0.2, 0.25) is 0 Å². The molecule has 2 aliphatic heterocycles. The predicted molar refractivity (Wildman–Crippen MR) is 66.2 cm³/mol. The maximum Gasteiger partial charge on any atom is 0.416 e. The van der Waals surface area contributed by atoms with Gasteiger partial charge in [0.15, 0.2) is 0 Å². The zero-order chi connectivity index (χ0) is 13.5. The Morgan fingerprint density at radius 3 is 2.53 bits per heavy atom. The number of aliphatic imine (C=N–C) groups is 1. The van der Waals surface area contributed by atoms with Gasteiger partial charge in [0.05, 0.1) is 17.6 Å². The van der Waals surface area contributed by atoms with E-state index in [9.17, 15) is 13.2 Å². The molecule has 2 unspecified atom stereocenters. The Bertz CT molecular complexity index is 493. The first kappa shape index (κ1) is 12.5. The third-order valence-electron chi connectivity index (χ3n) is 3.51. The Morgan fingerprint density at radius 1 is 1.16 bits per heavy atom. The first-order chi connectivity index (χ1) is 9.02. The van der Waals surface area contributed by atoms with Gasteiger partial charge in [0, 0.05) is 19.5 Å². The highest BCUT2D eigenvalue weighted by Crippen LogP contribution is 2.29. The Morgan fingerprint density at radius 2 is 1.89 bits per heavy atom. The van der Waals surface area contributed by atoms with E-state index >= 15 is 0 Å². The van der Waals surface area contributed by atoms with Crippen molar-refractivity contribution in [3.05, 3.63) is 35.4 Å². The van der Waals surface area contributed by atoms with Gasteiger partial charge in [-0.3, -0.25) is 4.99 Å². The standard InChI is InChI=1S/C13H14F3N3/c14-13(15,16)9-3-1-8(2-4-9)5-12-18-10-6-17-7-11(10)19-12/h1-4,10-11,17H,5-7H2,(H,18,19). The van der Waals surface area contributed by atoms with E-state index in [0.717, 1.165) is 36.6 Å². The number of alkyl halides is 3. The summed E-state index contributed by atoms with van der Waals surface area (Å²) in [4.78, 5) is 4.54. The van der Waals surface area contributed by atoms with E-state index in [1.807, 2.05) is 0 Å². The van der Waals surface area contributed by atoms with Crippen LogP contribution < -0.4 is 10.6 Å². The van der Waals surface area contributed by atoms with E-state index in [2.05, 4.69) is 15.6 Å². The lowest BCUT2D eigenvalue weighted by Crippen LogP contribution is -2.35. The van der Waals surface area contributed by atoms with Gasteiger partial charge in [-0.05, 0) is 17.7 Å². The van der Waals surface area contributed by atoms with Crippen LogP contribution in [0.3, 0.4) is 0 Å². The highest BCUT2D eigenvalue weighted by atomic mass is 19.4. The van der Waals surface area contributed by atoms with Gasteiger partial charge in [-0.2, -0.15) is 13.2 Å². The highest BCUT2D eigenvalue weighted by molar-refractivity contribution is 5.86. The fourth-order valence-electron chi connectivity index (χ4n) is 2.50. The largest absolute Gasteiger partial charge is 0.416 e. The zero-order valence-electron chi connectivity index (χ0n) is 10.2. The van der Waals surface area contributed by atoms with E-state index in [1.54, 1.807) is 0 Å². The third kappa shape index (κ3) is 2.58. The molecule has 3 nitrogen and oxygen atoms in total. The van der Waals surface area contributed by atoms with Gasteiger partial charge < -0.3 is 10.6 Å². The minimum absolute atomic E-state index is 0.268. The van der Waals surface area contributed by atoms with Crippen LogP contribution in [0.1, 0.15) is 11.1 Å². The quantitative estimate of drug-likeness (QED) is 0.855. The van der Waals surface area contributed by atoms with Crippen molar-refractivity contribution in [2.45, 2.75) is 24.7 Å². The van der Waals surface area contributed by atoms with Crippen molar-refractivity contribution in [2.24, 2.45) is 4.99 Å². The molecule has 19 heavy (non-hydrogen) atoms. The SMILES string of the molecule is FC(F)(F)c1ccc(CC2=NC3CNCC3N2)cc1. The number of hydrogen-bond acceptors (Lipinski definition) is 3. The smallest absolute Gasteiger partial charge is 0.367 e. The van der Waals surface area contributed by atoms with Gasteiger partial charge in [-0.1, -0.05) is 12.1 Å². The van der Waals surface area contributed by atoms with Crippen molar-refractivity contribution in [3.63, 3.8) is 0 Å². The molecule has 102 valence electrons. The van der Waals surface area contributed by atoms with Crippen LogP contribution >= 0.6 is 0 Å². The Balaban J connectivity index is 1.68. The van der Waals surface area contributed by atoms with Crippen LogP contribution in [0.25, 0.3) is 0 Å². The molecule has 2 N–H and O–H groups in total. The molecule has 0 saturated carbocycles. The lowest BCUT2D eigenvalue weighted by Gasteiger charge is -2.10. The van der Waals surface area contributed by atoms with Crippen LogP contribution in [0.2, 0.25) is 0 Å². The van der Waals surface area contributed by atoms with E-state index in [4.69, 9.17) is 0 Å². The highest BCUT2D eigenvalue weighted by Gasteiger charge is 2.33. The fourth-order valence-corrected chi connectivity index (χ4v) is 2.50. The van der Waals surface area contributed by atoms with Gasteiger partial charge in [0.1, 0.15) is 5.84 Å². The Hall–Kier alpha value is -1.56. The summed E-state index contributed by atoms with van der Waals surface area (Å²) in [5.41, 5.74) is 0.228. The monoisotopic (exact) mass is 269 g/mol. The van der Waals surface area contributed by atoms with Crippen molar-refractivity contribution in [1.29, 1.82) is 0 Å². The van der Waals surface area contributed by atoms with E-state index in [0.29, 0.717) is 12.5 Å². The van der Waals surface area contributed by atoms with Gasteiger partial charge >= 0.3 is 6.18 Å². The summed E-state index contributed by atoms with van der Waals surface area (Å²) in [6, 6.07) is 5.87. The predicted octanol–water partition coefficient (Wildman–Crippen LogP) is 1.59. The van der Waals surface area contributed by atoms with Gasteiger partial charge in [-0.15, -0.1) is 0 Å². The number of amidine groups is 1. The molecule has 1 aromatic rings. The molecule has 0 spiro atoms. The summed E-state index contributed by atoms with van der Waals surface area (Å²) in [6.45, 7) is 1.76. The second kappa shape index (κ2) is 4.52. The number of nitrogens with zero attached hydrogens (tertiary/aromatic N) is 1. The summed E-state index contributed by atoms with van der Waals surface area (Å²) in [5, 5.41) is 6.55. The first-order valence-corrected chi connectivity index (χ1v) is 6.22. The second-order valence-corrected chi connectivity index (χ2v) is 4.92. The molecule has 1 fully saturated rings. The maximum atomic E-state index is 12.4. The zero-order valence-corrected chi connectivity index (χ0v) is 10.2. The van der Waals surface area contributed by atoms with Crippen LogP contribution in [0.4, 0.5) is 13.2 Å². The summed E-state index contributed by atoms with van der Waals surface area (Å²) >= 11 is 0. The van der Waals surface area contributed by atoms with Crippen molar-refractivity contribution >= 4 is 5.84 Å². The van der Waals surface area contributed by atoms with E-state index in [-0.39, 0.29) is 6.04 Å². The molecule has 1 saturated heterocycles. The second-order valence-electron chi connectivity index (χ2n) is 4.92.